The van der Waals surface area contributed by atoms with Crippen LogP contribution in [0.1, 0.15) is 18.4 Å². The molecule has 0 amide bonds. The van der Waals surface area contributed by atoms with Gasteiger partial charge in [0.05, 0.1) is 0 Å². The molecule has 0 atom stereocenters. The Morgan fingerprint density at radius 2 is 2.07 bits per heavy atom. The molecule has 0 heterocycles. The molecule has 0 saturated heterocycles. The lowest BCUT2D eigenvalue weighted by Gasteiger charge is -2.21. The Kier molecular flexibility index (Phi) is 4.92. The van der Waals surface area contributed by atoms with Gasteiger partial charge in [0.25, 0.3) is 0 Å². The minimum Gasteiger partial charge on any atom is -0.374 e. The number of halogens is 1. The van der Waals surface area contributed by atoms with Gasteiger partial charge in [0, 0.05) is 24.3 Å². The van der Waals surface area contributed by atoms with Crippen LogP contribution in [0.15, 0.2) is 18.2 Å². The lowest BCUT2D eigenvalue weighted by molar-refractivity contribution is 0.727. The molecule has 1 rings (SSSR count). The summed E-state index contributed by atoms with van der Waals surface area (Å²) < 4.78 is 0. The molecule has 2 N–H and O–H groups in total. The van der Waals surface area contributed by atoms with E-state index in [-0.39, 0.29) is 0 Å². The van der Waals surface area contributed by atoms with E-state index in [9.17, 15) is 0 Å². The summed E-state index contributed by atoms with van der Waals surface area (Å²) in [4.78, 5) is 2.23. The summed E-state index contributed by atoms with van der Waals surface area (Å²) in [6.45, 7) is 3.89. The second kappa shape index (κ2) is 5.99. The molecular formula is C12H19ClN2. The van der Waals surface area contributed by atoms with Gasteiger partial charge in [0.1, 0.15) is 0 Å². The van der Waals surface area contributed by atoms with Gasteiger partial charge in [0.2, 0.25) is 0 Å². The van der Waals surface area contributed by atoms with Crippen LogP contribution in [0.2, 0.25) is 5.02 Å². The van der Waals surface area contributed by atoms with E-state index in [4.69, 9.17) is 17.3 Å². The van der Waals surface area contributed by atoms with Crippen molar-refractivity contribution in [3.63, 3.8) is 0 Å². The molecule has 0 aliphatic heterocycles. The molecule has 84 valence electrons. The number of hydrogen-bond donors (Lipinski definition) is 1. The Balaban J connectivity index is 2.64. The highest BCUT2D eigenvalue weighted by Gasteiger charge is 2.04. The maximum Gasteiger partial charge on any atom is 0.0426 e. The van der Waals surface area contributed by atoms with Crippen molar-refractivity contribution in [2.45, 2.75) is 19.8 Å². The molecule has 1 aromatic carbocycles. The summed E-state index contributed by atoms with van der Waals surface area (Å²) in [5.74, 6) is 0. The Bertz CT molecular complexity index is 312. The first-order valence-corrected chi connectivity index (χ1v) is 5.70. The number of nitrogens with two attached hydrogens (primary N) is 1. The van der Waals surface area contributed by atoms with Gasteiger partial charge >= 0.3 is 0 Å². The average molecular weight is 227 g/mol. The smallest absolute Gasteiger partial charge is 0.0426 e. The third-order valence-electron chi connectivity index (χ3n) is 2.53. The first kappa shape index (κ1) is 12.3. The summed E-state index contributed by atoms with van der Waals surface area (Å²) in [7, 11) is 2.09. The van der Waals surface area contributed by atoms with E-state index < -0.39 is 0 Å². The fourth-order valence-corrected chi connectivity index (χ4v) is 1.77. The molecule has 0 fully saturated rings. The average Bonchev–Trinajstić information content (AvgIpc) is 2.22. The van der Waals surface area contributed by atoms with Gasteiger partial charge < -0.3 is 10.6 Å². The Morgan fingerprint density at radius 1 is 1.33 bits per heavy atom. The van der Waals surface area contributed by atoms with Crippen molar-refractivity contribution in [2.24, 2.45) is 5.73 Å². The zero-order chi connectivity index (χ0) is 11.3. The Labute approximate surface area is 97.0 Å². The topological polar surface area (TPSA) is 29.3 Å². The van der Waals surface area contributed by atoms with Crippen molar-refractivity contribution in [1.29, 1.82) is 0 Å². The fraction of sp³-hybridized carbons (Fsp3) is 0.500. The van der Waals surface area contributed by atoms with Crippen molar-refractivity contribution >= 4 is 17.3 Å². The minimum atomic E-state index is 0.766. The van der Waals surface area contributed by atoms with Gasteiger partial charge in [-0.05, 0) is 44.0 Å². The molecule has 0 spiro atoms. The van der Waals surface area contributed by atoms with Crippen molar-refractivity contribution in [3.8, 4) is 0 Å². The summed E-state index contributed by atoms with van der Waals surface area (Å²) in [5.41, 5.74) is 7.93. The molecular weight excluding hydrogens is 208 g/mol. The normalized spacial score (nSPS) is 10.4. The van der Waals surface area contributed by atoms with Crippen LogP contribution in [0.5, 0.6) is 0 Å². The lowest BCUT2D eigenvalue weighted by Crippen LogP contribution is -2.20. The predicted molar refractivity (Wildman–Crippen MR) is 67.7 cm³/mol. The van der Waals surface area contributed by atoms with Crippen LogP contribution in [0.4, 0.5) is 5.69 Å². The molecule has 1 aromatic rings. The maximum absolute atomic E-state index is 5.98. The van der Waals surface area contributed by atoms with E-state index in [1.165, 1.54) is 11.3 Å². The second-order valence-corrected chi connectivity index (χ2v) is 4.28. The van der Waals surface area contributed by atoms with Crippen LogP contribution < -0.4 is 10.6 Å². The number of benzene rings is 1. The fourth-order valence-electron chi connectivity index (χ4n) is 1.61. The third-order valence-corrected chi connectivity index (χ3v) is 2.77. The first-order valence-electron chi connectivity index (χ1n) is 5.32. The summed E-state index contributed by atoms with van der Waals surface area (Å²) in [6.07, 6.45) is 2.20. The summed E-state index contributed by atoms with van der Waals surface area (Å²) in [6, 6.07) is 5.99. The first-order chi connectivity index (χ1) is 7.15. The van der Waals surface area contributed by atoms with Crippen LogP contribution >= 0.6 is 11.6 Å². The monoisotopic (exact) mass is 226 g/mol. The van der Waals surface area contributed by atoms with E-state index in [1.54, 1.807) is 0 Å². The maximum atomic E-state index is 5.98. The molecule has 0 aliphatic carbocycles. The highest BCUT2D eigenvalue weighted by atomic mass is 35.5. The number of aryl methyl sites for hydroxylation is 1. The van der Waals surface area contributed by atoms with Crippen LogP contribution in [-0.4, -0.2) is 20.1 Å². The van der Waals surface area contributed by atoms with Gasteiger partial charge in [-0.25, -0.2) is 0 Å². The lowest BCUT2D eigenvalue weighted by atomic mass is 10.2. The van der Waals surface area contributed by atoms with E-state index in [1.807, 2.05) is 12.1 Å². The van der Waals surface area contributed by atoms with Crippen molar-refractivity contribution in [3.05, 3.63) is 28.8 Å². The zero-order valence-corrected chi connectivity index (χ0v) is 10.2. The van der Waals surface area contributed by atoms with Crippen molar-refractivity contribution in [2.75, 3.05) is 25.0 Å². The molecule has 0 bridgehead atoms. The molecule has 0 aromatic heterocycles. The van der Waals surface area contributed by atoms with E-state index in [0.717, 1.165) is 31.0 Å². The standard InChI is InChI=1S/C12H19ClN2/c1-10-5-6-11(13)9-12(10)15(2)8-4-3-7-14/h5-6,9H,3-4,7-8,14H2,1-2H3. The summed E-state index contributed by atoms with van der Waals surface area (Å²) in [5, 5.41) is 0.793. The number of nitrogens with zero attached hydrogens (tertiary/aromatic N) is 1. The molecule has 0 aliphatic rings. The second-order valence-electron chi connectivity index (χ2n) is 3.85. The van der Waals surface area contributed by atoms with Crippen LogP contribution in [0.3, 0.4) is 0 Å². The predicted octanol–water partition coefficient (Wildman–Crippen LogP) is 2.82. The highest BCUT2D eigenvalue weighted by molar-refractivity contribution is 6.30. The highest BCUT2D eigenvalue weighted by Crippen LogP contribution is 2.23. The van der Waals surface area contributed by atoms with Crippen LogP contribution in [0, 0.1) is 6.92 Å². The van der Waals surface area contributed by atoms with E-state index in [0.29, 0.717) is 0 Å². The van der Waals surface area contributed by atoms with E-state index in [2.05, 4.69) is 24.9 Å². The van der Waals surface area contributed by atoms with Crippen LogP contribution in [-0.2, 0) is 0 Å². The number of hydrogen-bond acceptors (Lipinski definition) is 2. The zero-order valence-electron chi connectivity index (χ0n) is 9.46. The summed E-state index contributed by atoms with van der Waals surface area (Å²) >= 11 is 5.98. The molecule has 0 saturated carbocycles. The SMILES string of the molecule is Cc1ccc(Cl)cc1N(C)CCCCN. The molecule has 2 nitrogen and oxygen atoms in total. The van der Waals surface area contributed by atoms with Gasteiger partial charge in [-0.1, -0.05) is 17.7 Å². The Hall–Kier alpha value is -0.730. The minimum absolute atomic E-state index is 0.766. The largest absolute Gasteiger partial charge is 0.374 e. The Morgan fingerprint density at radius 3 is 2.73 bits per heavy atom. The van der Waals surface area contributed by atoms with E-state index >= 15 is 0 Å². The van der Waals surface area contributed by atoms with Crippen LogP contribution in [0.25, 0.3) is 0 Å². The van der Waals surface area contributed by atoms with Crippen molar-refractivity contribution in [1.82, 2.24) is 0 Å². The third kappa shape index (κ3) is 3.73. The number of anilines is 1. The molecule has 0 radical (unpaired) electrons. The molecule has 15 heavy (non-hydrogen) atoms. The molecule has 3 heteroatoms. The van der Waals surface area contributed by atoms with Gasteiger partial charge in [-0.3, -0.25) is 0 Å². The number of rotatable bonds is 5. The number of unbranched alkanes of at least 4 members (excludes halogenated alkanes) is 1. The van der Waals surface area contributed by atoms with Gasteiger partial charge in [-0.15, -0.1) is 0 Å². The van der Waals surface area contributed by atoms with Gasteiger partial charge in [0.15, 0.2) is 0 Å². The quantitative estimate of drug-likeness (QED) is 0.783. The van der Waals surface area contributed by atoms with Crippen molar-refractivity contribution < 1.29 is 0 Å². The molecule has 0 unspecified atom stereocenters. The van der Waals surface area contributed by atoms with Gasteiger partial charge in [-0.2, -0.15) is 0 Å².